The van der Waals surface area contributed by atoms with E-state index in [1.54, 1.807) is 7.11 Å². The van der Waals surface area contributed by atoms with E-state index in [0.29, 0.717) is 13.2 Å². The maximum atomic E-state index is 8.88. The Balaban J connectivity index is 2.07. The second-order valence-corrected chi connectivity index (χ2v) is 4.02. The van der Waals surface area contributed by atoms with E-state index in [0.717, 1.165) is 41.9 Å². The first-order valence-electron chi connectivity index (χ1n) is 5.81. The molecule has 0 unspecified atom stereocenters. The van der Waals surface area contributed by atoms with Crippen molar-refractivity contribution in [3.63, 3.8) is 0 Å². The van der Waals surface area contributed by atoms with E-state index in [4.69, 9.17) is 14.7 Å². The molecule has 0 atom stereocenters. The van der Waals surface area contributed by atoms with Gasteiger partial charge in [-0.3, -0.25) is 0 Å². The first-order chi connectivity index (χ1) is 8.36. The highest BCUT2D eigenvalue weighted by atomic mass is 16.5. The minimum Gasteiger partial charge on any atom is -0.493 e. The molecule has 0 radical (unpaired) electrons. The molecule has 0 bridgehead atoms. The Bertz CT molecular complexity index is 415. The highest BCUT2D eigenvalue weighted by Gasteiger charge is 2.21. The third-order valence-corrected chi connectivity index (χ3v) is 2.93. The predicted molar refractivity (Wildman–Crippen MR) is 65.1 cm³/mol. The lowest BCUT2D eigenvalue weighted by Crippen LogP contribution is -2.03. The Labute approximate surface area is 101 Å². The molecule has 0 aliphatic heterocycles. The molecule has 17 heavy (non-hydrogen) atoms. The van der Waals surface area contributed by atoms with E-state index < -0.39 is 0 Å². The van der Waals surface area contributed by atoms with E-state index >= 15 is 0 Å². The molecule has 0 heterocycles. The van der Waals surface area contributed by atoms with Crippen molar-refractivity contribution in [1.82, 2.24) is 0 Å². The second kappa shape index (κ2) is 5.68. The smallest absolute Gasteiger partial charge is 0.123 e. The maximum absolute atomic E-state index is 8.88. The normalized spacial score (nSPS) is 16.2. The van der Waals surface area contributed by atoms with Crippen LogP contribution in [-0.4, -0.2) is 31.2 Å². The van der Waals surface area contributed by atoms with E-state index in [1.807, 2.05) is 18.2 Å². The second-order valence-electron chi connectivity index (χ2n) is 4.02. The average molecular weight is 235 g/mol. The third-order valence-electron chi connectivity index (χ3n) is 2.93. The van der Waals surface area contributed by atoms with Gasteiger partial charge in [0.2, 0.25) is 0 Å². The van der Waals surface area contributed by atoms with E-state index in [-0.39, 0.29) is 0 Å². The topological polar surface area (TPSA) is 51.0 Å². The van der Waals surface area contributed by atoms with Crippen LogP contribution in [0, 0.1) is 0 Å². The van der Waals surface area contributed by atoms with Crippen LogP contribution in [0.3, 0.4) is 0 Å². The molecule has 0 aromatic heterocycles. The minimum absolute atomic E-state index is 0.649. The summed E-state index contributed by atoms with van der Waals surface area (Å²) < 4.78 is 10.7. The largest absolute Gasteiger partial charge is 0.493 e. The summed E-state index contributed by atoms with van der Waals surface area (Å²) in [4.78, 5) is 0. The molecule has 0 saturated carbocycles. The zero-order chi connectivity index (χ0) is 12.1. The molecule has 1 aromatic rings. The summed E-state index contributed by atoms with van der Waals surface area (Å²) >= 11 is 0. The van der Waals surface area contributed by atoms with Gasteiger partial charge in [-0.1, -0.05) is 17.3 Å². The summed E-state index contributed by atoms with van der Waals surface area (Å²) in [6, 6.07) is 5.87. The fourth-order valence-electron chi connectivity index (χ4n) is 2.10. The van der Waals surface area contributed by atoms with Crippen LogP contribution in [0.25, 0.3) is 0 Å². The van der Waals surface area contributed by atoms with Crippen molar-refractivity contribution < 1.29 is 14.7 Å². The highest BCUT2D eigenvalue weighted by Crippen LogP contribution is 2.30. The van der Waals surface area contributed by atoms with Crippen LogP contribution in [0.5, 0.6) is 5.75 Å². The predicted octanol–water partition coefficient (Wildman–Crippen LogP) is 2.23. The molecule has 0 fully saturated rings. The number of ether oxygens (including phenoxy) is 2. The van der Waals surface area contributed by atoms with Crippen LogP contribution in [-0.2, 0) is 11.2 Å². The third kappa shape index (κ3) is 2.58. The average Bonchev–Trinajstić information content (AvgIpc) is 2.78. The van der Waals surface area contributed by atoms with Crippen LogP contribution in [0.1, 0.15) is 24.0 Å². The molecular formula is C13H17NO3. The van der Waals surface area contributed by atoms with Crippen molar-refractivity contribution in [3.05, 3.63) is 29.3 Å². The standard InChI is InChI=1S/C13H17NO3/c1-16-8-3-9-17-13-5-2-4-10-11(13)6-7-12(10)14-15/h2,4-5,15H,3,6-9H2,1H3. The summed E-state index contributed by atoms with van der Waals surface area (Å²) in [6.07, 6.45) is 2.54. The lowest BCUT2D eigenvalue weighted by Gasteiger charge is -2.10. The molecule has 4 heteroatoms. The molecular weight excluding hydrogens is 218 g/mol. The van der Waals surface area contributed by atoms with E-state index in [2.05, 4.69) is 5.16 Å². The maximum Gasteiger partial charge on any atom is 0.123 e. The summed E-state index contributed by atoms with van der Waals surface area (Å²) in [5, 5.41) is 12.2. The van der Waals surface area contributed by atoms with Crippen molar-refractivity contribution in [3.8, 4) is 5.75 Å². The molecule has 0 spiro atoms. The lowest BCUT2D eigenvalue weighted by atomic mass is 10.1. The molecule has 2 rings (SSSR count). The summed E-state index contributed by atoms with van der Waals surface area (Å²) in [7, 11) is 1.68. The van der Waals surface area contributed by atoms with Gasteiger partial charge >= 0.3 is 0 Å². The molecule has 1 aliphatic carbocycles. The number of fused-ring (bicyclic) bond motifs is 1. The molecule has 1 N–H and O–H groups in total. The van der Waals surface area contributed by atoms with Gasteiger partial charge in [-0.25, -0.2) is 0 Å². The molecule has 1 aromatic carbocycles. The summed E-state index contributed by atoms with van der Waals surface area (Å²) in [6.45, 7) is 1.36. The molecule has 0 amide bonds. The van der Waals surface area contributed by atoms with Gasteiger partial charge in [0.25, 0.3) is 0 Å². The summed E-state index contributed by atoms with van der Waals surface area (Å²) in [5.74, 6) is 0.900. The highest BCUT2D eigenvalue weighted by molar-refractivity contribution is 6.04. The number of rotatable bonds is 5. The minimum atomic E-state index is 0.649. The summed E-state index contributed by atoms with van der Waals surface area (Å²) in [5.41, 5.74) is 2.91. The van der Waals surface area contributed by atoms with Crippen LogP contribution in [0.15, 0.2) is 23.4 Å². The monoisotopic (exact) mass is 235 g/mol. The Morgan fingerprint density at radius 3 is 2.94 bits per heavy atom. The quantitative estimate of drug-likeness (QED) is 0.483. The Kier molecular flexibility index (Phi) is 3.98. The number of nitrogens with zero attached hydrogens (tertiary/aromatic N) is 1. The van der Waals surface area contributed by atoms with E-state index in [1.165, 1.54) is 0 Å². The fourth-order valence-corrected chi connectivity index (χ4v) is 2.10. The van der Waals surface area contributed by atoms with Gasteiger partial charge in [-0.05, 0) is 18.9 Å². The Hall–Kier alpha value is -1.55. The number of hydrogen-bond acceptors (Lipinski definition) is 4. The van der Waals surface area contributed by atoms with Gasteiger partial charge in [-0.2, -0.15) is 0 Å². The molecule has 1 aliphatic rings. The van der Waals surface area contributed by atoms with Crippen molar-refractivity contribution in [2.45, 2.75) is 19.3 Å². The SMILES string of the molecule is COCCCOc1cccc2c1CCC2=NO. The zero-order valence-corrected chi connectivity index (χ0v) is 9.98. The molecule has 0 saturated heterocycles. The molecule has 92 valence electrons. The van der Waals surface area contributed by atoms with Crippen molar-refractivity contribution in [2.24, 2.45) is 5.16 Å². The van der Waals surface area contributed by atoms with Gasteiger partial charge < -0.3 is 14.7 Å². The first kappa shape index (κ1) is 11.9. The van der Waals surface area contributed by atoms with Gasteiger partial charge in [-0.15, -0.1) is 0 Å². The van der Waals surface area contributed by atoms with Gasteiger partial charge in [0.15, 0.2) is 0 Å². The van der Waals surface area contributed by atoms with Crippen LogP contribution >= 0.6 is 0 Å². The van der Waals surface area contributed by atoms with Crippen LogP contribution in [0.4, 0.5) is 0 Å². The number of hydrogen-bond donors (Lipinski definition) is 1. The van der Waals surface area contributed by atoms with Crippen molar-refractivity contribution in [2.75, 3.05) is 20.3 Å². The molecule has 4 nitrogen and oxygen atoms in total. The van der Waals surface area contributed by atoms with Crippen LogP contribution < -0.4 is 4.74 Å². The zero-order valence-electron chi connectivity index (χ0n) is 9.98. The van der Waals surface area contributed by atoms with Gasteiger partial charge in [0, 0.05) is 31.3 Å². The van der Waals surface area contributed by atoms with Crippen molar-refractivity contribution >= 4 is 5.71 Å². The van der Waals surface area contributed by atoms with E-state index in [9.17, 15) is 0 Å². The first-order valence-corrected chi connectivity index (χ1v) is 5.81. The Morgan fingerprint density at radius 1 is 1.29 bits per heavy atom. The van der Waals surface area contributed by atoms with Gasteiger partial charge in [0.05, 0.1) is 12.3 Å². The fraction of sp³-hybridized carbons (Fsp3) is 0.462. The van der Waals surface area contributed by atoms with Gasteiger partial charge in [0.1, 0.15) is 5.75 Å². The van der Waals surface area contributed by atoms with Crippen LogP contribution in [0.2, 0.25) is 0 Å². The number of oxime groups is 1. The lowest BCUT2D eigenvalue weighted by molar-refractivity contribution is 0.172. The number of methoxy groups -OCH3 is 1. The van der Waals surface area contributed by atoms with Crippen molar-refractivity contribution in [1.29, 1.82) is 0 Å². The number of benzene rings is 1. The Morgan fingerprint density at radius 2 is 2.18 bits per heavy atom.